The van der Waals surface area contributed by atoms with Gasteiger partial charge < -0.3 is 9.84 Å². The van der Waals surface area contributed by atoms with Gasteiger partial charge in [0.2, 0.25) is 5.91 Å². The lowest BCUT2D eigenvalue weighted by Crippen LogP contribution is -2.30. The molecule has 1 N–H and O–H groups in total. The molecule has 1 aromatic rings. The first kappa shape index (κ1) is 8.74. The van der Waals surface area contributed by atoms with Crippen molar-refractivity contribution in [3.8, 4) is 0 Å². The number of nitrogens with one attached hydrogen (secondary N) is 1. The van der Waals surface area contributed by atoms with Gasteiger partial charge in [0.25, 0.3) is 0 Å². The summed E-state index contributed by atoms with van der Waals surface area (Å²) in [7, 11) is 0. The van der Waals surface area contributed by atoms with Gasteiger partial charge in [0.05, 0.1) is 18.8 Å². The Morgan fingerprint density at radius 1 is 1.64 bits per heavy atom. The van der Waals surface area contributed by atoms with E-state index in [4.69, 9.17) is 4.52 Å². The van der Waals surface area contributed by atoms with Gasteiger partial charge in [-0.1, -0.05) is 5.16 Å². The number of rotatable bonds is 2. The van der Waals surface area contributed by atoms with E-state index in [-0.39, 0.29) is 25.0 Å². The number of carbonyl (C=O) groups excluding carboxylic acids is 2. The minimum Gasteiger partial charge on any atom is -0.359 e. The highest BCUT2D eigenvalue weighted by Gasteiger charge is 2.29. The Bertz CT molecular complexity index is 369. The van der Waals surface area contributed by atoms with Crippen LogP contribution in [0, 0.1) is 6.92 Å². The van der Waals surface area contributed by atoms with Gasteiger partial charge >= 0.3 is 6.03 Å². The zero-order valence-electron chi connectivity index (χ0n) is 7.61. The number of nitrogens with zero attached hydrogens (tertiary/aromatic N) is 2. The molecular weight excluding hydrogens is 186 g/mol. The van der Waals surface area contributed by atoms with E-state index < -0.39 is 0 Å². The number of aryl methyl sites for hydroxylation is 1. The van der Waals surface area contributed by atoms with Crippen LogP contribution >= 0.6 is 0 Å². The second-order valence-corrected chi connectivity index (χ2v) is 3.07. The van der Waals surface area contributed by atoms with E-state index in [0.29, 0.717) is 5.76 Å². The summed E-state index contributed by atoms with van der Waals surface area (Å²) in [6.07, 6.45) is 0. The molecule has 0 spiro atoms. The number of imide groups is 1. The largest absolute Gasteiger partial charge is 0.359 e. The third-order valence-electron chi connectivity index (χ3n) is 1.93. The fourth-order valence-corrected chi connectivity index (χ4v) is 1.26. The lowest BCUT2D eigenvalue weighted by molar-refractivity contribution is -0.125. The van der Waals surface area contributed by atoms with Crippen LogP contribution in [0.25, 0.3) is 0 Å². The summed E-state index contributed by atoms with van der Waals surface area (Å²) in [4.78, 5) is 23.4. The number of hydrogen-bond donors (Lipinski definition) is 1. The Balaban J connectivity index is 2.10. The van der Waals surface area contributed by atoms with Crippen LogP contribution in [0.5, 0.6) is 0 Å². The van der Waals surface area contributed by atoms with Gasteiger partial charge in [0.1, 0.15) is 0 Å². The summed E-state index contributed by atoms with van der Waals surface area (Å²) in [5.41, 5.74) is 0.729. The Morgan fingerprint density at radius 3 is 2.93 bits per heavy atom. The summed E-state index contributed by atoms with van der Waals surface area (Å²) in [5, 5.41) is 6.09. The Labute approximate surface area is 79.8 Å². The van der Waals surface area contributed by atoms with Gasteiger partial charge in [-0.05, 0) is 6.92 Å². The van der Waals surface area contributed by atoms with Crippen molar-refractivity contribution in [2.45, 2.75) is 13.5 Å². The molecule has 0 bridgehead atoms. The Hall–Kier alpha value is -1.85. The number of hydrogen-bond acceptors (Lipinski definition) is 4. The molecule has 74 valence electrons. The van der Waals surface area contributed by atoms with Crippen molar-refractivity contribution in [1.29, 1.82) is 0 Å². The van der Waals surface area contributed by atoms with E-state index >= 15 is 0 Å². The van der Waals surface area contributed by atoms with Gasteiger partial charge in [0.15, 0.2) is 5.76 Å². The van der Waals surface area contributed by atoms with E-state index in [1.807, 2.05) is 0 Å². The number of carbonyl (C=O) groups is 2. The summed E-state index contributed by atoms with van der Waals surface area (Å²) >= 11 is 0. The molecule has 0 saturated carbocycles. The van der Waals surface area contributed by atoms with Crippen molar-refractivity contribution in [2.24, 2.45) is 0 Å². The van der Waals surface area contributed by atoms with Crippen molar-refractivity contribution < 1.29 is 14.1 Å². The lowest BCUT2D eigenvalue weighted by Gasteiger charge is -2.08. The molecule has 6 nitrogen and oxygen atoms in total. The first-order valence-electron chi connectivity index (χ1n) is 4.17. The fourth-order valence-electron chi connectivity index (χ4n) is 1.26. The van der Waals surface area contributed by atoms with E-state index in [0.717, 1.165) is 10.6 Å². The predicted octanol–water partition coefficient (Wildman–Crippen LogP) is 0.0348. The van der Waals surface area contributed by atoms with Crippen LogP contribution in [0.4, 0.5) is 4.79 Å². The lowest BCUT2D eigenvalue weighted by atomic mass is 10.3. The average molecular weight is 195 g/mol. The molecule has 1 fully saturated rings. The molecular formula is C8H9N3O3. The third kappa shape index (κ3) is 1.46. The van der Waals surface area contributed by atoms with Crippen LogP contribution in [0.1, 0.15) is 11.5 Å². The fraction of sp³-hybridized carbons (Fsp3) is 0.375. The minimum absolute atomic E-state index is 0.0615. The maximum Gasteiger partial charge on any atom is 0.325 e. The molecule has 1 saturated heterocycles. The molecule has 1 aromatic heterocycles. The normalized spacial score (nSPS) is 16.2. The van der Waals surface area contributed by atoms with Gasteiger partial charge in [-0.15, -0.1) is 0 Å². The van der Waals surface area contributed by atoms with Crippen molar-refractivity contribution in [1.82, 2.24) is 15.4 Å². The quantitative estimate of drug-likeness (QED) is 0.676. The molecule has 6 heteroatoms. The van der Waals surface area contributed by atoms with Crippen LogP contribution in [-0.4, -0.2) is 28.5 Å². The predicted molar refractivity (Wildman–Crippen MR) is 45.2 cm³/mol. The van der Waals surface area contributed by atoms with Crippen molar-refractivity contribution >= 4 is 11.9 Å². The van der Waals surface area contributed by atoms with E-state index in [1.54, 1.807) is 13.0 Å². The molecule has 1 aliphatic rings. The molecule has 3 amide bonds. The van der Waals surface area contributed by atoms with Crippen LogP contribution in [0.15, 0.2) is 10.6 Å². The molecule has 0 atom stereocenters. The van der Waals surface area contributed by atoms with Crippen LogP contribution in [0.2, 0.25) is 0 Å². The molecule has 0 aromatic carbocycles. The number of urea groups is 1. The zero-order valence-corrected chi connectivity index (χ0v) is 7.61. The van der Waals surface area contributed by atoms with Gasteiger partial charge in [-0.3, -0.25) is 9.69 Å². The van der Waals surface area contributed by atoms with Gasteiger partial charge in [-0.25, -0.2) is 4.79 Å². The van der Waals surface area contributed by atoms with Crippen LogP contribution in [-0.2, 0) is 11.3 Å². The van der Waals surface area contributed by atoms with Crippen LogP contribution in [0.3, 0.4) is 0 Å². The van der Waals surface area contributed by atoms with Crippen LogP contribution < -0.4 is 5.32 Å². The Morgan fingerprint density at radius 2 is 2.43 bits per heavy atom. The van der Waals surface area contributed by atoms with Crippen molar-refractivity contribution in [3.63, 3.8) is 0 Å². The maximum atomic E-state index is 11.2. The summed E-state index contributed by atoms with van der Waals surface area (Å²) in [5.74, 6) is 0.261. The van der Waals surface area contributed by atoms with E-state index in [1.165, 1.54) is 0 Å². The van der Waals surface area contributed by atoms with Gasteiger partial charge in [0, 0.05) is 6.07 Å². The highest BCUT2D eigenvalue weighted by molar-refractivity contribution is 6.01. The average Bonchev–Trinajstić information content (AvgIpc) is 2.67. The SMILES string of the molecule is Cc1cc(CN2C(=O)CNC2=O)on1. The standard InChI is InChI=1S/C8H9N3O3/c1-5-2-6(14-10-5)4-11-7(12)3-9-8(11)13/h2H,3-4H2,1H3,(H,9,13). The number of aromatic nitrogens is 1. The van der Waals surface area contributed by atoms with E-state index in [9.17, 15) is 9.59 Å². The summed E-state index contributed by atoms with van der Waals surface area (Å²) in [6, 6.07) is 1.31. The molecule has 0 aliphatic carbocycles. The molecule has 2 rings (SSSR count). The summed E-state index contributed by atoms with van der Waals surface area (Å²) < 4.78 is 4.90. The number of amides is 3. The monoisotopic (exact) mass is 195 g/mol. The van der Waals surface area contributed by atoms with Gasteiger partial charge in [-0.2, -0.15) is 0 Å². The highest BCUT2D eigenvalue weighted by atomic mass is 16.5. The van der Waals surface area contributed by atoms with E-state index in [2.05, 4.69) is 10.5 Å². The topological polar surface area (TPSA) is 75.4 Å². The smallest absolute Gasteiger partial charge is 0.325 e. The molecule has 0 unspecified atom stereocenters. The summed E-state index contributed by atoms with van der Waals surface area (Å²) in [6.45, 7) is 1.98. The molecule has 14 heavy (non-hydrogen) atoms. The molecule has 1 aliphatic heterocycles. The first-order chi connectivity index (χ1) is 6.66. The second kappa shape index (κ2) is 3.13. The zero-order chi connectivity index (χ0) is 10.1. The second-order valence-electron chi connectivity index (χ2n) is 3.07. The van der Waals surface area contributed by atoms with Crippen molar-refractivity contribution in [2.75, 3.05) is 6.54 Å². The first-order valence-corrected chi connectivity index (χ1v) is 4.17. The third-order valence-corrected chi connectivity index (χ3v) is 1.93. The maximum absolute atomic E-state index is 11.2. The highest BCUT2D eigenvalue weighted by Crippen LogP contribution is 2.09. The minimum atomic E-state index is -0.385. The Kier molecular flexibility index (Phi) is 1.95. The molecule has 0 radical (unpaired) electrons. The van der Waals surface area contributed by atoms with Crippen molar-refractivity contribution in [3.05, 3.63) is 17.5 Å². The molecule has 2 heterocycles.